The number of nitrogens with zero attached hydrogens (tertiary/aromatic N) is 3. The quantitative estimate of drug-likeness (QED) is 0.374. The van der Waals surface area contributed by atoms with Gasteiger partial charge in [-0.1, -0.05) is 10.6 Å². The van der Waals surface area contributed by atoms with Crippen LogP contribution >= 0.6 is 23.8 Å². The average Bonchev–Trinajstić information content (AvgIpc) is 2.83. The van der Waals surface area contributed by atoms with E-state index in [1.165, 1.54) is 17.1 Å². The SMILES string of the molecule is C=CCN1C(=O)C(=Cc2csnn2)C(=O)NC1=S. The zero-order chi connectivity index (χ0) is 13.1. The molecule has 0 bridgehead atoms. The maximum Gasteiger partial charge on any atom is 0.266 e. The predicted octanol–water partition coefficient (Wildman–Crippen LogP) is 0.351. The third-order valence-electron chi connectivity index (χ3n) is 2.17. The summed E-state index contributed by atoms with van der Waals surface area (Å²) in [5.41, 5.74) is 0.447. The number of thiocarbonyl (C=S) groups is 1. The number of aromatic nitrogens is 2. The van der Waals surface area contributed by atoms with Gasteiger partial charge in [0.05, 0.1) is 5.69 Å². The molecule has 1 aliphatic rings. The number of rotatable bonds is 3. The van der Waals surface area contributed by atoms with Crippen LogP contribution in [0, 0.1) is 0 Å². The van der Waals surface area contributed by atoms with Gasteiger partial charge in [0.2, 0.25) is 0 Å². The van der Waals surface area contributed by atoms with Gasteiger partial charge in [-0.2, -0.15) is 0 Å². The second kappa shape index (κ2) is 5.15. The van der Waals surface area contributed by atoms with Crippen LogP contribution in [-0.2, 0) is 9.59 Å². The van der Waals surface area contributed by atoms with E-state index in [4.69, 9.17) is 12.2 Å². The van der Waals surface area contributed by atoms with Crippen LogP contribution in [0.4, 0.5) is 0 Å². The predicted molar refractivity (Wildman–Crippen MR) is 70.5 cm³/mol. The third-order valence-corrected chi connectivity index (χ3v) is 3.01. The minimum absolute atomic E-state index is 0.0156. The topological polar surface area (TPSA) is 75.2 Å². The Balaban J connectivity index is 2.35. The minimum Gasteiger partial charge on any atom is -0.298 e. The van der Waals surface area contributed by atoms with Gasteiger partial charge in [0.1, 0.15) is 5.57 Å². The van der Waals surface area contributed by atoms with E-state index in [1.807, 2.05) is 0 Å². The van der Waals surface area contributed by atoms with Crippen molar-refractivity contribution < 1.29 is 9.59 Å². The summed E-state index contributed by atoms with van der Waals surface area (Å²) in [4.78, 5) is 25.0. The summed E-state index contributed by atoms with van der Waals surface area (Å²) >= 11 is 6.06. The lowest BCUT2D eigenvalue weighted by Crippen LogP contribution is -2.53. The van der Waals surface area contributed by atoms with Crippen molar-refractivity contribution in [2.75, 3.05) is 6.54 Å². The van der Waals surface area contributed by atoms with E-state index in [0.717, 1.165) is 11.5 Å². The van der Waals surface area contributed by atoms with Gasteiger partial charge < -0.3 is 0 Å². The maximum atomic E-state index is 12.1. The fourth-order valence-electron chi connectivity index (χ4n) is 1.37. The Labute approximate surface area is 112 Å². The monoisotopic (exact) mass is 280 g/mol. The van der Waals surface area contributed by atoms with Crippen molar-refractivity contribution in [3.05, 3.63) is 29.3 Å². The van der Waals surface area contributed by atoms with Crippen molar-refractivity contribution in [2.24, 2.45) is 0 Å². The molecule has 0 aromatic carbocycles. The molecule has 2 heterocycles. The number of hydrogen-bond donors (Lipinski definition) is 1. The molecule has 0 radical (unpaired) electrons. The van der Waals surface area contributed by atoms with Crippen molar-refractivity contribution in [1.29, 1.82) is 0 Å². The van der Waals surface area contributed by atoms with Gasteiger partial charge in [-0.05, 0) is 29.8 Å². The largest absolute Gasteiger partial charge is 0.298 e. The second-order valence-corrected chi connectivity index (χ2v) is 4.35. The summed E-state index contributed by atoms with van der Waals surface area (Å²) < 4.78 is 3.66. The molecule has 1 aliphatic heterocycles. The lowest BCUT2D eigenvalue weighted by atomic mass is 10.1. The first-order valence-electron chi connectivity index (χ1n) is 4.90. The zero-order valence-corrected chi connectivity index (χ0v) is 10.8. The van der Waals surface area contributed by atoms with Crippen LogP contribution in [0.1, 0.15) is 5.69 Å². The molecule has 0 saturated carbocycles. The van der Waals surface area contributed by atoms with Crippen LogP contribution in [0.15, 0.2) is 23.6 Å². The third kappa shape index (κ3) is 2.34. The van der Waals surface area contributed by atoms with Crippen molar-refractivity contribution in [1.82, 2.24) is 19.8 Å². The second-order valence-electron chi connectivity index (χ2n) is 3.35. The highest BCUT2D eigenvalue weighted by Gasteiger charge is 2.32. The molecule has 0 unspecified atom stereocenters. The Morgan fingerprint density at radius 3 is 2.94 bits per heavy atom. The first-order valence-corrected chi connectivity index (χ1v) is 6.15. The van der Waals surface area contributed by atoms with Gasteiger partial charge in [-0.25, -0.2) is 0 Å². The maximum absolute atomic E-state index is 12.1. The molecule has 1 saturated heterocycles. The van der Waals surface area contributed by atoms with E-state index >= 15 is 0 Å². The van der Waals surface area contributed by atoms with E-state index < -0.39 is 11.8 Å². The summed E-state index contributed by atoms with van der Waals surface area (Å²) in [5.74, 6) is -0.991. The Morgan fingerprint density at radius 1 is 1.56 bits per heavy atom. The number of hydrogen-bond acceptors (Lipinski definition) is 6. The van der Waals surface area contributed by atoms with Gasteiger partial charge in [0, 0.05) is 11.9 Å². The standard InChI is InChI=1S/C10H8N4O2S2/c1-2-3-14-9(16)7(8(15)11-10(14)17)4-6-5-18-13-12-6/h2,4-5H,1,3H2,(H,11,15,17). The molecule has 2 amide bonds. The number of carbonyl (C=O) groups is 2. The number of nitrogens with one attached hydrogen (secondary N) is 1. The molecule has 0 aliphatic carbocycles. The molecule has 1 N–H and O–H groups in total. The van der Waals surface area contributed by atoms with Crippen molar-refractivity contribution >= 4 is 46.8 Å². The highest BCUT2D eigenvalue weighted by molar-refractivity contribution is 7.80. The first kappa shape index (κ1) is 12.5. The molecule has 1 aromatic heterocycles. The van der Waals surface area contributed by atoms with Crippen LogP contribution < -0.4 is 5.32 Å². The van der Waals surface area contributed by atoms with E-state index in [2.05, 4.69) is 21.5 Å². The molecule has 1 fully saturated rings. The van der Waals surface area contributed by atoms with Crippen LogP contribution in [0.25, 0.3) is 6.08 Å². The smallest absolute Gasteiger partial charge is 0.266 e. The summed E-state index contributed by atoms with van der Waals surface area (Å²) in [7, 11) is 0. The number of carbonyl (C=O) groups excluding carboxylic acids is 2. The highest BCUT2D eigenvalue weighted by Crippen LogP contribution is 2.13. The molecule has 0 spiro atoms. The lowest BCUT2D eigenvalue weighted by molar-refractivity contribution is -0.128. The first-order chi connectivity index (χ1) is 8.63. The Morgan fingerprint density at radius 2 is 2.33 bits per heavy atom. The van der Waals surface area contributed by atoms with E-state index in [0.29, 0.717) is 5.69 Å². The Kier molecular flexibility index (Phi) is 3.58. The van der Waals surface area contributed by atoms with Crippen molar-refractivity contribution in [3.63, 3.8) is 0 Å². The van der Waals surface area contributed by atoms with E-state index in [-0.39, 0.29) is 17.2 Å². The van der Waals surface area contributed by atoms with Crippen molar-refractivity contribution in [2.45, 2.75) is 0 Å². The molecular weight excluding hydrogens is 272 g/mol. The normalized spacial score (nSPS) is 18.1. The molecule has 18 heavy (non-hydrogen) atoms. The lowest BCUT2D eigenvalue weighted by Gasteiger charge is -2.27. The van der Waals surface area contributed by atoms with Crippen LogP contribution in [-0.4, -0.2) is 38.0 Å². The molecular formula is C10H8N4O2S2. The van der Waals surface area contributed by atoms with Gasteiger partial charge in [-0.15, -0.1) is 11.7 Å². The summed E-state index contributed by atoms with van der Waals surface area (Å²) in [6.07, 6.45) is 2.92. The molecule has 92 valence electrons. The van der Waals surface area contributed by atoms with Gasteiger partial charge in [-0.3, -0.25) is 19.8 Å². The molecule has 8 heteroatoms. The minimum atomic E-state index is -0.529. The van der Waals surface area contributed by atoms with Gasteiger partial charge in [0.15, 0.2) is 5.11 Å². The zero-order valence-electron chi connectivity index (χ0n) is 9.12. The summed E-state index contributed by atoms with van der Waals surface area (Å²) in [5, 5.41) is 7.92. The van der Waals surface area contributed by atoms with Crippen LogP contribution in [0.2, 0.25) is 0 Å². The van der Waals surface area contributed by atoms with Gasteiger partial charge >= 0.3 is 0 Å². The average molecular weight is 280 g/mol. The molecule has 0 atom stereocenters. The molecule has 1 aromatic rings. The highest BCUT2D eigenvalue weighted by atomic mass is 32.1. The summed E-state index contributed by atoms with van der Waals surface area (Å²) in [6, 6.07) is 0. The van der Waals surface area contributed by atoms with E-state index in [1.54, 1.807) is 5.38 Å². The molecule has 2 rings (SSSR count). The van der Waals surface area contributed by atoms with E-state index in [9.17, 15) is 9.59 Å². The number of amides is 2. The Bertz CT molecular complexity index is 550. The van der Waals surface area contributed by atoms with Crippen molar-refractivity contribution in [3.8, 4) is 0 Å². The Hall–Kier alpha value is -1.93. The fraction of sp³-hybridized carbons (Fsp3) is 0.100. The fourth-order valence-corrected chi connectivity index (χ4v) is 2.03. The van der Waals surface area contributed by atoms with Crippen LogP contribution in [0.5, 0.6) is 0 Å². The molecule has 6 nitrogen and oxygen atoms in total. The van der Waals surface area contributed by atoms with Crippen LogP contribution in [0.3, 0.4) is 0 Å². The van der Waals surface area contributed by atoms with Gasteiger partial charge in [0.25, 0.3) is 11.8 Å². The summed E-state index contributed by atoms with van der Waals surface area (Å²) in [6.45, 7) is 3.78.